The van der Waals surface area contributed by atoms with Crippen LogP contribution in [-0.2, 0) is 0 Å². The van der Waals surface area contributed by atoms with Crippen molar-refractivity contribution in [3.8, 4) is 11.5 Å². The number of carbonyl (C=O) groups is 1. The third-order valence-electron chi connectivity index (χ3n) is 3.04. The van der Waals surface area contributed by atoms with E-state index in [-0.39, 0.29) is 5.91 Å². The molecule has 0 aliphatic heterocycles. The molecule has 21 heavy (non-hydrogen) atoms. The highest BCUT2D eigenvalue weighted by atomic mass is 79.9. The molecule has 2 aromatic rings. The van der Waals surface area contributed by atoms with Gasteiger partial charge in [-0.05, 0) is 36.8 Å². The predicted molar refractivity (Wildman–Crippen MR) is 86.4 cm³/mol. The predicted octanol–water partition coefficient (Wildman–Crippen LogP) is 4.03. The van der Waals surface area contributed by atoms with Gasteiger partial charge >= 0.3 is 0 Å². The Morgan fingerprint density at radius 1 is 1.14 bits per heavy atom. The molecule has 0 aromatic heterocycles. The quantitative estimate of drug-likeness (QED) is 0.906. The Labute approximate surface area is 132 Å². The maximum absolute atomic E-state index is 12.5. The summed E-state index contributed by atoms with van der Waals surface area (Å²) in [4.78, 5) is 12.5. The number of rotatable bonds is 4. The lowest BCUT2D eigenvalue weighted by Gasteiger charge is -2.14. The molecular formula is C16H16BrNO3. The van der Waals surface area contributed by atoms with Gasteiger partial charge in [0.15, 0.2) is 0 Å². The number of anilines is 1. The molecule has 0 heterocycles. The van der Waals surface area contributed by atoms with E-state index in [4.69, 9.17) is 9.47 Å². The number of methoxy groups -OCH3 is 2. The molecule has 0 radical (unpaired) electrons. The molecule has 5 heteroatoms. The topological polar surface area (TPSA) is 47.6 Å². The number of para-hydroxylation sites is 2. The van der Waals surface area contributed by atoms with Gasteiger partial charge in [0.2, 0.25) is 0 Å². The molecule has 0 unspecified atom stereocenters. The van der Waals surface area contributed by atoms with Crippen molar-refractivity contribution in [1.82, 2.24) is 0 Å². The van der Waals surface area contributed by atoms with E-state index in [1.165, 1.54) is 0 Å². The summed E-state index contributed by atoms with van der Waals surface area (Å²) in [5.41, 5.74) is 1.97. The summed E-state index contributed by atoms with van der Waals surface area (Å²) in [5.74, 6) is 0.919. The van der Waals surface area contributed by atoms with Crippen LogP contribution in [0.25, 0.3) is 0 Å². The van der Waals surface area contributed by atoms with Gasteiger partial charge in [0.05, 0.1) is 25.5 Å². The van der Waals surface area contributed by atoms with Crippen LogP contribution in [-0.4, -0.2) is 20.1 Å². The number of ether oxygens (including phenoxy) is 2. The Morgan fingerprint density at radius 3 is 2.52 bits per heavy atom. The lowest BCUT2D eigenvalue weighted by Crippen LogP contribution is -2.14. The Bertz CT molecular complexity index is 671. The average Bonchev–Trinajstić information content (AvgIpc) is 2.47. The van der Waals surface area contributed by atoms with E-state index in [9.17, 15) is 4.79 Å². The number of benzene rings is 2. The van der Waals surface area contributed by atoms with Crippen molar-refractivity contribution >= 4 is 27.5 Å². The van der Waals surface area contributed by atoms with E-state index in [1.54, 1.807) is 32.4 Å². The van der Waals surface area contributed by atoms with Crippen LogP contribution < -0.4 is 14.8 Å². The van der Waals surface area contributed by atoms with Crippen LogP contribution >= 0.6 is 15.9 Å². The zero-order valence-corrected chi connectivity index (χ0v) is 13.7. The van der Waals surface area contributed by atoms with Crippen molar-refractivity contribution in [1.29, 1.82) is 0 Å². The largest absolute Gasteiger partial charge is 0.496 e. The van der Waals surface area contributed by atoms with Crippen LogP contribution in [0.1, 0.15) is 15.9 Å². The third-order valence-corrected chi connectivity index (χ3v) is 3.50. The summed E-state index contributed by atoms with van der Waals surface area (Å²) in [6.45, 7) is 1.89. The number of carbonyl (C=O) groups excluding carboxylic acids is 1. The van der Waals surface area contributed by atoms with Gasteiger partial charge in [-0.15, -0.1) is 0 Å². The molecule has 2 rings (SSSR count). The first-order valence-electron chi connectivity index (χ1n) is 6.35. The van der Waals surface area contributed by atoms with Gasteiger partial charge < -0.3 is 14.8 Å². The molecule has 4 nitrogen and oxygen atoms in total. The van der Waals surface area contributed by atoms with Gasteiger partial charge in [0.25, 0.3) is 5.91 Å². The second-order valence-corrected chi connectivity index (χ2v) is 5.37. The van der Waals surface area contributed by atoms with E-state index in [1.807, 2.05) is 25.1 Å². The van der Waals surface area contributed by atoms with Crippen molar-refractivity contribution < 1.29 is 14.3 Å². The fraction of sp³-hybridized carbons (Fsp3) is 0.188. The zero-order valence-electron chi connectivity index (χ0n) is 12.1. The number of nitrogens with one attached hydrogen (secondary N) is 1. The number of amides is 1. The number of halogens is 1. The van der Waals surface area contributed by atoms with Crippen molar-refractivity contribution in [3.63, 3.8) is 0 Å². The molecule has 0 spiro atoms. The van der Waals surface area contributed by atoms with E-state index < -0.39 is 0 Å². The first-order valence-corrected chi connectivity index (χ1v) is 7.14. The van der Waals surface area contributed by atoms with Gasteiger partial charge in [0, 0.05) is 4.47 Å². The van der Waals surface area contributed by atoms with Crippen molar-refractivity contribution in [2.45, 2.75) is 6.92 Å². The van der Waals surface area contributed by atoms with Crippen molar-refractivity contribution in [2.24, 2.45) is 0 Å². The Kier molecular flexibility index (Phi) is 4.85. The van der Waals surface area contributed by atoms with Gasteiger partial charge in [-0.25, -0.2) is 0 Å². The molecule has 110 valence electrons. The monoisotopic (exact) mass is 349 g/mol. The normalized spacial score (nSPS) is 10.1. The molecular weight excluding hydrogens is 334 g/mol. The molecule has 0 bridgehead atoms. The number of hydrogen-bond acceptors (Lipinski definition) is 3. The Hall–Kier alpha value is -2.01. The second-order valence-electron chi connectivity index (χ2n) is 4.46. The average molecular weight is 350 g/mol. The molecule has 0 aliphatic carbocycles. The summed E-state index contributed by atoms with van der Waals surface area (Å²) in [5, 5.41) is 2.84. The first kappa shape index (κ1) is 15.4. The van der Waals surface area contributed by atoms with Crippen LogP contribution in [0.4, 0.5) is 5.69 Å². The standard InChI is InChI=1S/C16H16BrNO3/c1-10-8-11(17)9-12(15(10)21-3)16(19)18-13-6-4-5-7-14(13)20-2/h4-9H,1-3H3,(H,18,19). The van der Waals surface area contributed by atoms with E-state index in [0.29, 0.717) is 22.7 Å². The van der Waals surface area contributed by atoms with E-state index >= 15 is 0 Å². The summed E-state index contributed by atoms with van der Waals surface area (Å²) < 4.78 is 11.4. The highest BCUT2D eigenvalue weighted by molar-refractivity contribution is 9.10. The van der Waals surface area contributed by atoms with Crippen LogP contribution in [0, 0.1) is 6.92 Å². The molecule has 2 aromatic carbocycles. The van der Waals surface area contributed by atoms with Crippen LogP contribution in [0.2, 0.25) is 0 Å². The van der Waals surface area contributed by atoms with Gasteiger partial charge in [-0.2, -0.15) is 0 Å². The molecule has 0 aliphatic rings. The molecule has 0 saturated heterocycles. The van der Waals surface area contributed by atoms with E-state index in [2.05, 4.69) is 21.2 Å². The number of aryl methyl sites for hydroxylation is 1. The van der Waals surface area contributed by atoms with Crippen LogP contribution in [0.15, 0.2) is 40.9 Å². The van der Waals surface area contributed by atoms with Crippen molar-refractivity contribution in [3.05, 3.63) is 52.0 Å². The molecule has 0 fully saturated rings. The van der Waals surface area contributed by atoms with Gasteiger partial charge in [-0.3, -0.25) is 4.79 Å². The van der Waals surface area contributed by atoms with Crippen LogP contribution in [0.3, 0.4) is 0 Å². The minimum atomic E-state index is -0.249. The van der Waals surface area contributed by atoms with Gasteiger partial charge in [-0.1, -0.05) is 28.1 Å². The fourth-order valence-electron chi connectivity index (χ4n) is 2.11. The summed E-state index contributed by atoms with van der Waals surface area (Å²) in [6.07, 6.45) is 0. The van der Waals surface area contributed by atoms with E-state index in [0.717, 1.165) is 10.0 Å². The SMILES string of the molecule is COc1ccccc1NC(=O)c1cc(Br)cc(C)c1OC. The number of hydrogen-bond donors (Lipinski definition) is 1. The Morgan fingerprint density at radius 2 is 1.86 bits per heavy atom. The maximum Gasteiger partial charge on any atom is 0.259 e. The third kappa shape index (κ3) is 3.36. The lowest BCUT2D eigenvalue weighted by molar-refractivity contribution is 0.102. The Balaban J connectivity index is 2.37. The smallest absolute Gasteiger partial charge is 0.259 e. The van der Waals surface area contributed by atoms with Gasteiger partial charge in [0.1, 0.15) is 11.5 Å². The summed E-state index contributed by atoms with van der Waals surface area (Å²) in [6, 6.07) is 10.9. The first-order chi connectivity index (χ1) is 10.1. The molecule has 0 atom stereocenters. The van der Waals surface area contributed by atoms with Crippen LogP contribution in [0.5, 0.6) is 11.5 Å². The fourth-order valence-corrected chi connectivity index (χ4v) is 2.68. The summed E-state index contributed by atoms with van der Waals surface area (Å²) >= 11 is 3.40. The maximum atomic E-state index is 12.5. The highest BCUT2D eigenvalue weighted by Crippen LogP contribution is 2.30. The minimum Gasteiger partial charge on any atom is -0.496 e. The highest BCUT2D eigenvalue weighted by Gasteiger charge is 2.17. The molecule has 0 saturated carbocycles. The second kappa shape index (κ2) is 6.63. The summed E-state index contributed by atoms with van der Waals surface area (Å²) in [7, 11) is 3.12. The molecule has 1 amide bonds. The van der Waals surface area contributed by atoms with Crippen molar-refractivity contribution in [2.75, 3.05) is 19.5 Å². The lowest BCUT2D eigenvalue weighted by atomic mass is 10.1. The zero-order chi connectivity index (χ0) is 15.4. The molecule has 1 N–H and O–H groups in total. The minimum absolute atomic E-state index is 0.249.